The third-order valence-corrected chi connectivity index (χ3v) is 3.95. The van der Waals surface area contributed by atoms with Gasteiger partial charge in [0, 0.05) is 5.02 Å². The Kier molecular flexibility index (Phi) is 12.0. The van der Waals surface area contributed by atoms with E-state index < -0.39 is 5.60 Å². The first-order valence-corrected chi connectivity index (χ1v) is 8.24. The number of carbonyl (C=O) groups is 1. The van der Waals surface area contributed by atoms with Crippen LogP contribution in [0.3, 0.4) is 0 Å². The average Bonchev–Trinajstić information content (AvgIpc) is 3.30. The Hall–Kier alpha value is -0.300. The molecule has 24 heavy (non-hydrogen) atoms. The molecule has 0 bridgehead atoms. The number of esters is 1. The van der Waals surface area contributed by atoms with Gasteiger partial charge in [0.1, 0.15) is 5.75 Å². The van der Waals surface area contributed by atoms with Crippen LogP contribution >= 0.6 is 11.6 Å². The Labute approximate surface area is 170 Å². The van der Waals surface area contributed by atoms with E-state index in [4.69, 9.17) is 25.8 Å². The van der Waals surface area contributed by atoms with Gasteiger partial charge in [-0.25, -0.2) is 4.79 Å². The normalized spacial score (nSPS) is 18.1. The van der Waals surface area contributed by atoms with E-state index in [-0.39, 0.29) is 41.0 Å². The first-order chi connectivity index (χ1) is 10.7. The molecule has 0 radical (unpaired) electrons. The summed E-state index contributed by atoms with van der Waals surface area (Å²) in [5, 5.41) is 0.713. The Morgan fingerprint density at radius 2 is 1.83 bits per heavy atom. The number of rotatable bonds is 10. The topological polar surface area (TPSA) is 79.6 Å². The summed E-state index contributed by atoms with van der Waals surface area (Å²) in [7, 11) is 0. The van der Waals surface area contributed by atoms with E-state index in [1.165, 1.54) is 0 Å². The van der Waals surface area contributed by atoms with Gasteiger partial charge in [-0.2, -0.15) is 0 Å². The van der Waals surface area contributed by atoms with E-state index in [0.29, 0.717) is 24.8 Å². The van der Waals surface area contributed by atoms with Crippen LogP contribution in [0.2, 0.25) is 5.02 Å². The van der Waals surface area contributed by atoms with Gasteiger partial charge in [-0.1, -0.05) is 24.4 Å². The van der Waals surface area contributed by atoms with Crippen molar-refractivity contribution in [2.24, 2.45) is 0 Å². The fourth-order valence-electron chi connectivity index (χ4n) is 2.30. The summed E-state index contributed by atoms with van der Waals surface area (Å²) in [4.78, 5) is 11.7. The summed E-state index contributed by atoms with van der Waals surface area (Å²) in [6, 6.07) is 7.38. The molecule has 1 aliphatic heterocycles. The maximum absolute atomic E-state index is 11.7. The van der Waals surface area contributed by atoms with E-state index in [9.17, 15) is 4.79 Å². The number of carbonyl (C=O) groups excluding carboxylic acids is 1. The van der Waals surface area contributed by atoms with Crippen LogP contribution in [-0.4, -0.2) is 66.4 Å². The number of hydrogen-bond donors (Lipinski definition) is 0. The van der Waals surface area contributed by atoms with Gasteiger partial charge in [0.15, 0.2) is 5.60 Å². The summed E-state index contributed by atoms with van der Waals surface area (Å²) in [5.74, 6) is 0.637. The zero-order valence-corrected chi connectivity index (χ0v) is 14.2. The summed E-state index contributed by atoms with van der Waals surface area (Å²) in [5.41, 5.74) is -0.629. The Morgan fingerprint density at radius 3 is 2.42 bits per heavy atom. The van der Waals surface area contributed by atoms with E-state index >= 15 is 0 Å². The van der Waals surface area contributed by atoms with Crippen molar-refractivity contribution in [2.75, 3.05) is 19.8 Å². The molecule has 132 valence electrons. The predicted molar refractivity (Wildman–Crippen MR) is 96.1 cm³/mol. The van der Waals surface area contributed by atoms with Crippen molar-refractivity contribution in [2.45, 2.75) is 44.6 Å². The molecule has 0 spiro atoms. The fraction of sp³-hybridized carbons (Fsp3) is 0.588. The zero-order chi connectivity index (χ0) is 15.8. The first-order valence-electron chi connectivity index (χ1n) is 7.86. The summed E-state index contributed by atoms with van der Waals surface area (Å²) in [6.07, 6.45) is 4.86. The van der Waals surface area contributed by atoms with Crippen LogP contribution in [0.25, 0.3) is 0 Å². The third kappa shape index (κ3) is 7.72. The molecule has 0 aliphatic carbocycles. The molecule has 2 N–H and O–H groups in total. The summed E-state index contributed by atoms with van der Waals surface area (Å²) in [6.45, 7) is 3.42. The minimum atomic E-state index is -0.629. The SMILES string of the molecule is CCOC(=O)C1(CCCCCCOc2ccc(Cl)cc2)CO1.O.[NaH]. The van der Waals surface area contributed by atoms with E-state index in [1.807, 2.05) is 31.2 Å². The number of hydrogen-bond acceptors (Lipinski definition) is 4. The van der Waals surface area contributed by atoms with Gasteiger partial charge in [0.05, 0.1) is 19.8 Å². The van der Waals surface area contributed by atoms with Crippen molar-refractivity contribution in [3.63, 3.8) is 0 Å². The van der Waals surface area contributed by atoms with Gasteiger partial charge in [0.25, 0.3) is 0 Å². The molecule has 1 aliphatic rings. The molecule has 2 rings (SSSR count). The second kappa shape index (κ2) is 12.1. The zero-order valence-electron chi connectivity index (χ0n) is 13.5. The second-order valence-electron chi connectivity index (χ2n) is 5.47. The quantitative estimate of drug-likeness (QED) is 0.275. The van der Waals surface area contributed by atoms with Crippen molar-refractivity contribution in [1.29, 1.82) is 0 Å². The van der Waals surface area contributed by atoms with Crippen molar-refractivity contribution in [3.05, 3.63) is 29.3 Å². The van der Waals surface area contributed by atoms with Crippen LogP contribution in [0.15, 0.2) is 24.3 Å². The molecule has 0 aromatic heterocycles. The summed E-state index contributed by atoms with van der Waals surface area (Å²) < 4.78 is 16.0. The fourth-order valence-corrected chi connectivity index (χ4v) is 2.43. The van der Waals surface area contributed by atoms with Gasteiger partial charge in [-0.15, -0.1) is 0 Å². The van der Waals surface area contributed by atoms with E-state index in [2.05, 4.69) is 0 Å². The minimum absolute atomic E-state index is 0. The number of epoxide rings is 1. The molecular formula is C17H26ClNaO5. The van der Waals surface area contributed by atoms with Crippen LogP contribution < -0.4 is 4.74 Å². The number of ether oxygens (including phenoxy) is 3. The van der Waals surface area contributed by atoms with Crippen LogP contribution in [0.5, 0.6) is 5.75 Å². The van der Waals surface area contributed by atoms with Crippen molar-refractivity contribution in [3.8, 4) is 5.75 Å². The molecule has 7 heteroatoms. The predicted octanol–water partition coefficient (Wildman–Crippen LogP) is 2.53. The van der Waals surface area contributed by atoms with Crippen LogP contribution in [0.4, 0.5) is 0 Å². The average molecular weight is 369 g/mol. The molecule has 1 aromatic carbocycles. The van der Waals surface area contributed by atoms with Gasteiger partial charge < -0.3 is 19.7 Å². The van der Waals surface area contributed by atoms with Crippen molar-refractivity contribution in [1.82, 2.24) is 0 Å². The molecule has 1 fully saturated rings. The molecule has 0 amide bonds. The van der Waals surface area contributed by atoms with Gasteiger partial charge in [-0.05, 0) is 50.5 Å². The number of unbranched alkanes of at least 4 members (excludes halogenated alkanes) is 3. The first kappa shape index (κ1) is 23.7. The molecule has 1 saturated heterocycles. The van der Waals surface area contributed by atoms with Crippen LogP contribution in [0, 0.1) is 0 Å². The van der Waals surface area contributed by atoms with Crippen LogP contribution in [0.1, 0.15) is 39.0 Å². The molecule has 1 heterocycles. The molecule has 1 aromatic rings. The Balaban J connectivity index is 0.00000264. The van der Waals surface area contributed by atoms with Gasteiger partial charge in [0.2, 0.25) is 0 Å². The molecule has 5 nitrogen and oxygen atoms in total. The Morgan fingerprint density at radius 1 is 1.21 bits per heavy atom. The van der Waals surface area contributed by atoms with Crippen molar-refractivity contribution < 1.29 is 24.5 Å². The molecule has 1 unspecified atom stereocenters. The second-order valence-corrected chi connectivity index (χ2v) is 5.91. The number of benzene rings is 1. The number of halogens is 1. The van der Waals surface area contributed by atoms with Gasteiger partial charge >= 0.3 is 35.5 Å². The summed E-state index contributed by atoms with van der Waals surface area (Å²) >= 11 is 5.82. The molecule has 0 saturated carbocycles. The van der Waals surface area contributed by atoms with E-state index in [1.54, 1.807) is 0 Å². The molecule has 1 atom stereocenters. The standard InChI is InChI=1S/C17H23ClO4.Na.H2O.H/c1-2-20-16(19)17(13-22-17)11-5-3-4-6-12-21-15-9-7-14(18)8-10-15;;;/h7-10H,2-6,11-13H2,1H3;;1H2;. The van der Waals surface area contributed by atoms with E-state index in [0.717, 1.165) is 37.9 Å². The Bertz CT molecular complexity index is 476. The third-order valence-electron chi connectivity index (χ3n) is 3.70. The van der Waals surface area contributed by atoms with Gasteiger partial charge in [-0.3, -0.25) is 0 Å². The molecular weight excluding hydrogens is 343 g/mol. The van der Waals surface area contributed by atoms with Crippen LogP contribution in [-0.2, 0) is 14.3 Å². The van der Waals surface area contributed by atoms with Crippen molar-refractivity contribution >= 4 is 47.1 Å². The monoisotopic (exact) mass is 368 g/mol. The maximum atomic E-state index is 11.7.